The van der Waals surface area contributed by atoms with Crippen LogP contribution in [0.25, 0.3) is 0 Å². The van der Waals surface area contributed by atoms with E-state index < -0.39 is 0 Å². The van der Waals surface area contributed by atoms with E-state index in [1.54, 1.807) is 7.11 Å². The molecule has 0 saturated carbocycles. The normalized spacial score (nSPS) is 22.2. The Labute approximate surface area is 133 Å². The van der Waals surface area contributed by atoms with E-state index in [1.165, 1.54) is 0 Å². The minimum atomic E-state index is 0.234. The fourth-order valence-corrected chi connectivity index (χ4v) is 3.19. The van der Waals surface area contributed by atoms with Crippen LogP contribution < -0.4 is 10.1 Å². The minimum absolute atomic E-state index is 0.234. The third-order valence-electron chi connectivity index (χ3n) is 4.40. The van der Waals surface area contributed by atoms with Crippen molar-refractivity contribution in [2.75, 3.05) is 47.9 Å². The predicted molar refractivity (Wildman–Crippen MR) is 88.3 cm³/mol. The van der Waals surface area contributed by atoms with E-state index in [9.17, 15) is 0 Å². The number of likely N-dealkylation sites (N-methyl/N-ethyl adjacent to an activating group) is 2. The van der Waals surface area contributed by atoms with E-state index in [0.717, 1.165) is 42.4 Å². The maximum atomic E-state index is 6.17. The molecule has 21 heavy (non-hydrogen) atoms. The Morgan fingerprint density at radius 2 is 2.14 bits per heavy atom. The summed E-state index contributed by atoms with van der Waals surface area (Å²) >= 11 is 6.17. The van der Waals surface area contributed by atoms with Crippen molar-refractivity contribution in [2.24, 2.45) is 0 Å². The maximum absolute atomic E-state index is 6.17. The summed E-state index contributed by atoms with van der Waals surface area (Å²) in [4.78, 5) is 4.84. The van der Waals surface area contributed by atoms with E-state index in [1.807, 2.05) is 25.2 Å². The fraction of sp³-hybridized carbons (Fsp3) is 0.625. The average Bonchev–Trinajstić information content (AvgIpc) is 2.48. The number of hydrogen-bond acceptors (Lipinski definition) is 4. The van der Waals surface area contributed by atoms with Crippen LogP contribution in [0.1, 0.15) is 18.0 Å². The number of nitrogens with one attached hydrogen (secondary N) is 1. The Hall–Kier alpha value is -0.810. The number of halogens is 1. The highest BCUT2D eigenvalue weighted by Gasteiger charge is 2.26. The Morgan fingerprint density at radius 3 is 2.81 bits per heavy atom. The van der Waals surface area contributed by atoms with Gasteiger partial charge in [-0.05, 0) is 45.8 Å². The second kappa shape index (κ2) is 7.45. The van der Waals surface area contributed by atoms with Crippen LogP contribution in [0, 0.1) is 0 Å². The molecule has 2 atom stereocenters. The lowest BCUT2D eigenvalue weighted by Crippen LogP contribution is -2.50. The van der Waals surface area contributed by atoms with Crippen LogP contribution in [-0.2, 0) is 0 Å². The molecule has 2 unspecified atom stereocenters. The maximum Gasteiger partial charge on any atom is 0.123 e. The molecule has 4 nitrogen and oxygen atoms in total. The molecule has 0 aromatic heterocycles. The summed E-state index contributed by atoms with van der Waals surface area (Å²) in [5, 5.41) is 4.17. The lowest BCUT2D eigenvalue weighted by Gasteiger charge is -2.39. The Balaban J connectivity index is 2.17. The largest absolute Gasteiger partial charge is 0.496 e. The van der Waals surface area contributed by atoms with Gasteiger partial charge >= 0.3 is 0 Å². The van der Waals surface area contributed by atoms with Crippen LogP contribution in [0.3, 0.4) is 0 Å². The molecule has 1 fully saturated rings. The van der Waals surface area contributed by atoms with Gasteiger partial charge in [0.15, 0.2) is 0 Å². The summed E-state index contributed by atoms with van der Waals surface area (Å²) in [6, 6.07) is 6.59. The zero-order valence-electron chi connectivity index (χ0n) is 13.4. The Kier molecular flexibility index (Phi) is 5.88. The summed E-state index contributed by atoms with van der Waals surface area (Å²) < 4.78 is 5.50. The molecule has 118 valence electrons. The number of benzene rings is 1. The van der Waals surface area contributed by atoms with Crippen LogP contribution in [-0.4, -0.2) is 63.7 Å². The first kappa shape index (κ1) is 16.6. The van der Waals surface area contributed by atoms with Gasteiger partial charge in [-0.1, -0.05) is 11.6 Å². The van der Waals surface area contributed by atoms with Crippen LogP contribution in [0.2, 0.25) is 5.02 Å². The standard InChI is InChI=1S/C16H26ClN3O/c1-18-15(10-13-11-19(2)7-8-20(13)3)14-9-12(17)5-6-16(14)21-4/h5-6,9,13,15,18H,7-8,10-11H2,1-4H3. The molecule has 1 aliphatic heterocycles. The molecule has 0 aliphatic carbocycles. The Morgan fingerprint density at radius 1 is 1.38 bits per heavy atom. The topological polar surface area (TPSA) is 27.7 Å². The quantitative estimate of drug-likeness (QED) is 0.902. The molecule has 1 aromatic carbocycles. The third kappa shape index (κ3) is 4.10. The van der Waals surface area contributed by atoms with Crippen molar-refractivity contribution in [3.8, 4) is 5.75 Å². The van der Waals surface area contributed by atoms with Crippen molar-refractivity contribution in [3.05, 3.63) is 28.8 Å². The van der Waals surface area contributed by atoms with Crippen molar-refractivity contribution in [1.82, 2.24) is 15.1 Å². The first-order valence-electron chi connectivity index (χ1n) is 7.44. The first-order valence-corrected chi connectivity index (χ1v) is 7.82. The van der Waals surface area contributed by atoms with Gasteiger partial charge in [0, 0.05) is 42.3 Å². The number of methoxy groups -OCH3 is 1. The highest BCUT2D eigenvalue weighted by molar-refractivity contribution is 6.30. The van der Waals surface area contributed by atoms with Gasteiger partial charge in [0.2, 0.25) is 0 Å². The van der Waals surface area contributed by atoms with Gasteiger partial charge in [-0.2, -0.15) is 0 Å². The lowest BCUT2D eigenvalue weighted by atomic mass is 9.96. The molecule has 0 radical (unpaired) electrons. The second-order valence-corrected chi connectivity index (χ2v) is 6.30. The number of rotatable bonds is 5. The molecule has 1 aromatic rings. The van der Waals surface area contributed by atoms with Gasteiger partial charge in [0.05, 0.1) is 7.11 Å². The number of ether oxygens (including phenoxy) is 1. The summed E-state index contributed by atoms with van der Waals surface area (Å²) in [6.45, 7) is 3.35. The third-order valence-corrected chi connectivity index (χ3v) is 4.64. The monoisotopic (exact) mass is 311 g/mol. The van der Waals surface area contributed by atoms with Gasteiger partial charge in [0.25, 0.3) is 0 Å². The van der Waals surface area contributed by atoms with Gasteiger partial charge < -0.3 is 19.9 Å². The number of piperazine rings is 1. The van der Waals surface area contributed by atoms with Crippen LogP contribution >= 0.6 is 11.6 Å². The summed E-state index contributed by atoms with van der Waals surface area (Å²) in [7, 11) is 8.10. The molecular formula is C16H26ClN3O. The molecule has 0 amide bonds. The fourth-order valence-electron chi connectivity index (χ4n) is 3.01. The molecule has 0 bridgehead atoms. The zero-order chi connectivity index (χ0) is 15.4. The van der Waals surface area contributed by atoms with Crippen LogP contribution in [0.4, 0.5) is 0 Å². The second-order valence-electron chi connectivity index (χ2n) is 5.86. The van der Waals surface area contributed by atoms with E-state index >= 15 is 0 Å². The van der Waals surface area contributed by atoms with Crippen molar-refractivity contribution in [3.63, 3.8) is 0 Å². The molecular weight excluding hydrogens is 286 g/mol. The smallest absolute Gasteiger partial charge is 0.123 e. The van der Waals surface area contributed by atoms with Gasteiger partial charge in [-0.3, -0.25) is 0 Å². The number of nitrogens with zero attached hydrogens (tertiary/aromatic N) is 2. The van der Waals surface area contributed by atoms with E-state index in [0.29, 0.717) is 6.04 Å². The lowest BCUT2D eigenvalue weighted by molar-refractivity contribution is 0.101. The van der Waals surface area contributed by atoms with Crippen molar-refractivity contribution in [1.29, 1.82) is 0 Å². The van der Waals surface area contributed by atoms with Crippen molar-refractivity contribution in [2.45, 2.75) is 18.5 Å². The Bertz CT molecular complexity index is 469. The van der Waals surface area contributed by atoms with Crippen molar-refractivity contribution >= 4 is 11.6 Å². The zero-order valence-corrected chi connectivity index (χ0v) is 14.2. The highest BCUT2D eigenvalue weighted by atomic mass is 35.5. The molecule has 1 heterocycles. The minimum Gasteiger partial charge on any atom is -0.496 e. The van der Waals surface area contributed by atoms with E-state index in [4.69, 9.17) is 16.3 Å². The van der Waals surface area contributed by atoms with Crippen molar-refractivity contribution < 1.29 is 4.74 Å². The van der Waals surface area contributed by atoms with Gasteiger partial charge in [-0.15, -0.1) is 0 Å². The summed E-state index contributed by atoms with van der Waals surface area (Å²) in [5.74, 6) is 0.894. The van der Waals surface area contributed by atoms with E-state index in [-0.39, 0.29) is 6.04 Å². The van der Waals surface area contributed by atoms with Gasteiger partial charge in [-0.25, -0.2) is 0 Å². The predicted octanol–water partition coefficient (Wildman–Crippen LogP) is 2.25. The molecule has 2 rings (SSSR count). The molecule has 5 heteroatoms. The molecule has 1 aliphatic rings. The molecule has 0 spiro atoms. The average molecular weight is 312 g/mol. The highest BCUT2D eigenvalue weighted by Crippen LogP contribution is 2.31. The van der Waals surface area contributed by atoms with E-state index in [2.05, 4.69) is 29.2 Å². The number of hydrogen-bond donors (Lipinski definition) is 1. The summed E-state index contributed by atoms with van der Waals surface area (Å²) in [5.41, 5.74) is 1.13. The van der Waals surface area contributed by atoms with Gasteiger partial charge in [0.1, 0.15) is 5.75 Å². The van der Waals surface area contributed by atoms with Crippen LogP contribution in [0.15, 0.2) is 18.2 Å². The SMILES string of the molecule is CNC(CC1CN(C)CCN1C)c1cc(Cl)ccc1OC. The summed E-state index contributed by atoms with van der Waals surface area (Å²) in [6.07, 6.45) is 1.04. The first-order chi connectivity index (χ1) is 10.0. The van der Waals surface area contributed by atoms with Crippen LogP contribution in [0.5, 0.6) is 5.75 Å². The molecule has 1 N–H and O–H groups in total. The molecule has 1 saturated heterocycles.